The number of anilines is 1. The number of benzene rings is 1. The van der Waals surface area contributed by atoms with Crippen molar-refractivity contribution in [2.75, 3.05) is 19.0 Å². The summed E-state index contributed by atoms with van der Waals surface area (Å²) in [5.74, 6) is -0.884. The summed E-state index contributed by atoms with van der Waals surface area (Å²) in [7, 11) is 1.30. The normalized spacial score (nSPS) is 11.6. The van der Waals surface area contributed by atoms with Gasteiger partial charge in [-0.3, -0.25) is 4.79 Å². The zero-order valence-corrected chi connectivity index (χ0v) is 12.6. The molecule has 0 bridgehead atoms. The number of esters is 1. The molecule has 1 unspecified atom stereocenters. The minimum absolute atomic E-state index is 0.0681. The summed E-state index contributed by atoms with van der Waals surface area (Å²) in [6.45, 7) is 4.03. The maximum Gasteiger partial charge on any atom is 0.322 e. The fourth-order valence-corrected chi connectivity index (χ4v) is 1.81. The number of nitrogens with zero attached hydrogens (tertiary/aromatic N) is 1. The van der Waals surface area contributed by atoms with E-state index in [2.05, 4.69) is 10.1 Å². The lowest BCUT2D eigenvalue weighted by atomic mass is 10.2. The fourth-order valence-electron chi connectivity index (χ4n) is 1.81. The number of halogens is 1. The topological polar surface area (TPSA) is 58.6 Å². The minimum atomic E-state index is -0.497. The predicted molar refractivity (Wildman–Crippen MR) is 78.5 cm³/mol. The van der Waals surface area contributed by atoms with Crippen molar-refractivity contribution in [3.8, 4) is 0 Å². The number of para-hydroxylation sites is 1. The Balaban J connectivity index is 2.75. The number of methoxy groups -OCH3 is 1. The summed E-state index contributed by atoms with van der Waals surface area (Å²) >= 11 is 0. The Morgan fingerprint density at radius 2 is 2.05 bits per heavy atom. The largest absolute Gasteiger partial charge is 0.469 e. The van der Waals surface area contributed by atoms with Crippen molar-refractivity contribution in [3.63, 3.8) is 0 Å². The number of amides is 2. The third-order valence-electron chi connectivity index (χ3n) is 3.28. The van der Waals surface area contributed by atoms with Gasteiger partial charge >= 0.3 is 12.0 Å². The second-order valence-electron chi connectivity index (χ2n) is 4.69. The van der Waals surface area contributed by atoms with Crippen LogP contribution in [0.15, 0.2) is 24.3 Å². The fraction of sp³-hybridized carbons (Fsp3) is 0.467. The van der Waals surface area contributed by atoms with Crippen molar-refractivity contribution < 1.29 is 18.7 Å². The van der Waals surface area contributed by atoms with E-state index in [1.165, 1.54) is 24.1 Å². The van der Waals surface area contributed by atoms with Gasteiger partial charge in [0.1, 0.15) is 5.82 Å². The van der Waals surface area contributed by atoms with Gasteiger partial charge in [-0.2, -0.15) is 0 Å². The van der Waals surface area contributed by atoms with Crippen LogP contribution in [0.4, 0.5) is 14.9 Å². The second kappa shape index (κ2) is 8.24. The summed E-state index contributed by atoms with van der Waals surface area (Å²) in [4.78, 5) is 25.0. The minimum Gasteiger partial charge on any atom is -0.469 e. The van der Waals surface area contributed by atoms with Gasteiger partial charge in [0.05, 0.1) is 19.2 Å². The molecule has 0 radical (unpaired) electrons. The maximum absolute atomic E-state index is 13.6. The molecular formula is C15H21FN2O3. The van der Waals surface area contributed by atoms with E-state index >= 15 is 0 Å². The van der Waals surface area contributed by atoms with Gasteiger partial charge in [0.15, 0.2) is 0 Å². The van der Waals surface area contributed by atoms with Crippen molar-refractivity contribution in [1.29, 1.82) is 0 Å². The lowest BCUT2D eigenvalue weighted by molar-refractivity contribution is -0.140. The third kappa shape index (κ3) is 5.06. The van der Waals surface area contributed by atoms with Crippen LogP contribution in [0.25, 0.3) is 0 Å². The molecule has 0 aliphatic carbocycles. The number of nitrogens with one attached hydrogen (secondary N) is 1. The van der Waals surface area contributed by atoms with Gasteiger partial charge in [-0.1, -0.05) is 19.1 Å². The molecule has 0 saturated heterocycles. The van der Waals surface area contributed by atoms with E-state index in [4.69, 9.17) is 0 Å². The van der Waals surface area contributed by atoms with Gasteiger partial charge in [0.2, 0.25) is 0 Å². The molecule has 21 heavy (non-hydrogen) atoms. The Kier molecular flexibility index (Phi) is 6.65. The Labute approximate surface area is 124 Å². The van der Waals surface area contributed by atoms with Gasteiger partial charge in [-0.05, 0) is 25.5 Å². The van der Waals surface area contributed by atoms with Crippen LogP contribution in [0.2, 0.25) is 0 Å². The Bertz CT molecular complexity index is 494. The Hall–Kier alpha value is -2.11. The number of hydrogen-bond acceptors (Lipinski definition) is 3. The summed E-state index contributed by atoms with van der Waals surface area (Å²) < 4.78 is 18.1. The van der Waals surface area contributed by atoms with Gasteiger partial charge < -0.3 is 15.0 Å². The number of carbonyl (C=O) groups is 2. The van der Waals surface area contributed by atoms with Crippen molar-refractivity contribution in [2.24, 2.45) is 0 Å². The molecule has 0 aromatic heterocycles. The van der Waals surface area contributed by atoms with Crippen LogP contribution in [0.3, 0.4) is 0 Å². The molecule has 2 amide bonds. The zero-order valence-electron chi connectivity index (χ0n) is 12.6. The zero-order chi connectivity index (χ0) is 15.8. The first-order valence-electron chi connectivity index (χ1n) is 6.88. The number of rotatable bonds is 6. The third-order valence-corrected chi connectivity index (χ3v) is 3.28. The van der Waals surface area contributed by atoms with Gasteiger partial charge in [0.25, 0.3) is 0 Å². The summed E-state index contributed by atoms with van der Waals surface area (Å²) in [6, 6.07) is 5.45. The Morgan fingerprint density at radius 3 is 2.62 bits per heavy atom. The molecule has 1 N–H and O–H groups in total. The molecule has 1 atom stereocenters. The van der Waals surface area contributed by atoms with Crippen LogP contribution >= 0.6 is 0 Å². The van der Waals surface area contributed by atoms with E-state index < -0.39 is 11.8 Å². The highest BCUT2D eigenvalue weighted by molar-refractivity contribution is 5.89. The monoisotopic (exact) mass is 296 g/mol. The molecule has 0 aliphatic rings. The molecule has 0 spiro atoms. The van der Waals surface area contributed by atoms with Crippen molar-refractivity contribution in [2.45, 2.75) is 32.7 Å². The number of ether oxygens (including phenoxy) is 1. The first-order chi connectivity index (χ1) is 9.99. The van der Waals surface area contributed by atoms with Crippen molar-refractivity contribution in [3.05, 3.63) is 30.1 Å². The standard InChI is InChI=1S/C15H21FN2O3/c1-4-11(2)18(10-9-14(19)21-3)15(20)17-13-8-6-5-7-12(13)16/h5-8,11H,4,9-10H2,1-3H3,(H,17,20). The average Bonchev–Trinajstić information content (AvgIpc) is 2.49. The van der Waals surface area contributed by atoms with Crippen molar-refractivity contribution >= 4 is 17.7 Å². The van der Waals surface area contributed by atoms with E-state index in [-0.39, 0.29) is 30.7 Å². The molecule has 1 aromatic rings. The summed E-state index contributed by atoms with van der Waals surface area (Å²) in [5, 5.41) is 2.53. The van der Waals surface area contributed by atoms with E-state index in [1.54, 1.807) is 12.1 Å². The van der Waals surface area contributed by atoms with Crippen molar-refractivity contribution in [1.82, 2.24) is 4.90 Å². The molecule has 0 fully saturated rings. The smallest absolute Gasteiger partial charge is 0.322 e. The number of urea groups is 1. The first-order valence-corrected chi connectivity index (χ1v) is 6.88. The van der Waals surface area contributed by atoms with Crippen LogP contribution in [0.5, 0.6) is 0 Å². The number of carbonyl (C=O) groups excluding carboxylic acids is 2. The highest BCUT2D eigenvalue weighted by Gasteiger charge is 2.20. The second-order valence-corrected chi connectivity index (χ2v) is 4.69. The molecule has 0 saturated carbocycles. The molecule has 0 heterocycles. The summed E-state index contributed by atoms with van der Waals surface area (Å²) in [5.41, 5.74) is 0.119. The predicted octanol–water partition coefficient (Wildman–Crippen LogP) is 3.02. The quantitative estimate of drug-likeness (QED) is 0.821. The van der Waals surface area contributed by atoms with E-state index in [0.29, 0.717) is 0 Å². The molecule has 6 heteroatoms. The highest BCUT2D eigenvalue weighted by atomic mass is 19.1. The van der Waals surface area contributed by atoms with Crippen LogP contribution in [0, 0.1) is 5.82 Å². The van der Waals surface area contributed by atoms with Gasteiger partial charge in [0, 0.05) is 12.6 Å². The number of hydrogen-bond donors (Lipinski definition) is 1. The van der Waals surface area contributed by atoms with Crippen LogP contribution in [-0.4, -0.2) is 36.6 Å². The lowest BCUT2D eigenvalue weighted by Crippen LogP contribution is -2.42. The molecule has 5 nitrogen and oxygen atoms in total. The molecule has 116 valence electrons. The Morgan fingerprint density at radius 1 is 1.38 bits per heavy atom. The molecule has 1 aromatic carbocycles. The maximum atomic E-state index is 13.6. The van der Waals surface area contributed by atoms with E-state index in [0.717, 1.165) is 6.42 Å². The highest BCUT2D eigenvalue weighted by Crippen LogP contribution is 2.15. The average molecular weight is 296 g/mol. The SMILES string of the molecule is CCC(C)N(CCC(=O)OC)C(=O)Nc1ccccc1F. The van der Waals surface area contributed by atoms with Crippen LogP contribution < -0.4 is 5.32 Å². The molecule has 0 aliphatic heterocycles. The van der Waals surface area contributed by atoms with Crippen LogP contribution in [0.1, 0.15) is 26.7 Å². The van der Waals surface area contributed by atoms with E-state index in [9.17, 15) is 14.0 Å². The molecule has 1 rings (SSSR count). The molecular weight excluding hydrogens is 275 g/mol. The first kappa shape index (κ1) is 16.9. The van der Waals surface area contributed by atoms with E-state index in [1.807, 2.05) is 13.8 Å². The lowest BCUT2D eigenvalue weighted by Gasteiger charge is -2.28. The van der Waals surface area contributed by atoms with Gasteiger partial charge in [-0.25, -0.2) is 9.18 Å². The summed E-state index contributed by atoms with van der Waals surface area (Å²) in [6.07, 6.45) is 0.831. The van der Waals surface area contributed by atoms with Gasteiger partial charge in [-0.15, -0.1) is 0 Å². The van der Waals surface area contributed by atoms with Crippen LogP contribution in [-0.2, 0) is 9.53 Å².